The lowest BCUT2D eigenvalue weighted by Crippen LogP contribution is -2.08. The van der Waals surface area contributed by atoms with Gasteiger partial charge in [-0.25, -0.2) is 0 Å². The van der Waals surface area contributed by atoms with E-state index in [1.54, 1.807) is 0 Å². The minimum Gasteiger partial charge on any atom is -0.506 e. The number of anilines is 1. The van der Waals surface area contributed by atoms with Gasteiger partial charge in [0.15, 0.2) is 5.75 Å². The quantitative estimate of drug-likeness (QED) is 0.345. The number of hydrogen-bond donors (Lipinski definition) is 4. The van der Waals surface area contributed by atoms with E-state index in [0.717, 1.165) is 18.2 Å². The highest BCUT2D eigenvalue weighted by Crippen LogP contribution is 2.39. The normalized spacial score (nSPS) is 12.3. The molecule has 0 saturated heterocycles. The maximum absolute atomic E-state index is 10.8. The Balaban J connectivity index is 2.72. The fourth-order valence-corrected chi connectivity index (χ4v) is 2.45. The second-order valence-corrected chi connectivity index (χ2v) is 6.08. The Bertz CT molecular complexity index is 950. The maximum Gasteiger partial charge on any atom is 0.446 e. The van der Waals surface area contributed by atoms with Crippen molar-refractivity contribution in [1.82, 2.24) is 0 Å². The van der Waals surface area contributed by atoms with Gasteiger partial charge in [0.05, 0.1) is 5.69 Å². The molecule has 5 N–H and O–H groups in total. The number of nitrogen functional groups attached to an aromatic ring is 1. The third-order valence-electron chi connectivity index (χ3n) is 2.49. The van der Waals surface area contributed by atoms with Crippen LogP contribution < -0.4 is 14.1 Å². The first-order valence-corrected chi connectivity index (χ1v) is 8.08. The first-order valence-electron chi connectivity index (χ1n) is 5.35. The van der Waals surface area contributed by atoms with Gasteiger partial charge < -0.3 is 19.2 Å². The summed E-state index contributed by atoms with van der Waals surface area (Å²) in [6.07, 6.45) is 0. The van der Waals surface area contributed by atoms with E-state index in [0.29, 0.717) is 0 Å². The number of benzene rings is 2. The zero-order valence-corrected chi connectivity index (χ0v) is 12.1. The highest BCUT2D eigenvalue weighted by atomic mass is 32.3. The Kier molecular flexibility index (Phi) is 3.78. The topological polar surface area (TPSA) is 173 Å². The number of hydrogen-bond acceptors (Lipinski definition) is 8. The van der Waals surface area contributed by atoms with Gasteiger partial charge in [0.1, 0.15) is 11.5 Å². The van der Waals surface area contributed by atoms with E-state index in [1.165, 1.54) is 6.07 Å². The Hall–Kier alpha value is -2.28. The maximum atomic E-state index is 10.8. The minimum atomic E-state index is -4.91. The van der Waals surface area contributed by atoms with Crippen LogP contribution in [0.4, 0.5) is 5.69 Å². The molecule has 0 atom stereocenters. The average Bonchev–Trinajstić information content (AvgIpc) is 2.32. The van der Waals surface area contributed by atoms with E-state index in [2.05, 4.69) is 8.37 Å². The van der Waals surface area contributed by atoms with Crippen molar-refractivity contribution in [3.8, 4) is 17.2 Å². The van der Waals surface area contributed by atoms with Crippen molar-refractivity contribution in [2.75, 3.05) is 5.73 Å². The van der Waals surface area contributed by atoms with Gasteiger partial charge in [-0.2, -0.15) is 16.8 Å². The smallest absolute Gasteiger partial charge is 0.446 e. The Morgan fingerprint density at radius 2 is 1.50 bits per heavy atom. The lowest BCUT2D eigenvalue weighted by molar-refractivity contribution is 0.383. The van der Waals surface area contributed by atoms with Gasteiger partial charge in [-0.3, -0.25) is 9.11 Å². The van der Waals surface area contributed by atoms with Gasteiger partial charge >= 0.3 is 20.8 Å². The van der Waals surface area contributed by atoms with Gasteiger partial charge in [-0.05, 0) is 18.2 Å². The van der Waals surface area contributed by atoms with Crippen LogP contribution in [0.2, 0.25) is 0 Å². The van der Waals surface area contributed by atoms with Crippen LogP contribution in [-0.4, -0.2) is 31.0 Å². The van der Waals surface area contributed by atoms with Crippen LogP contribution in [0.25, 0.3) is 10.8 Å². The van der Waals surface area contributed by atoms with Crippen molar-refractivity contribution in [3.63, 3.8) is 0 Å². The minimum absolute atomic E-state index is 0.0888. The fourth-order valence-electron chi connectivity index (χ4n) is 1.74. The molecule has 120 valence electrons. The van der Waals surface area contributed by atoms with Crippen LogP contribution >= 0.6 is 0 Å². The average molecular weight is 351 g/mol. The summed E-state index contributed by atoms with van der Waals surface area (Å²) in [5.41, 5.74) is 5.46. The zero-order valence-electron chi connectivity index (χ0n) is 10.5. The van der Waals surface area contributed by atoms with E-state index in [1.807, 2.05) is 0 Å². The predicted molar refractivity (Wildman–Crippen MR) is 74.4 cm³/mol. The first-order chi connectivity index (χ1) is 9.96. The lowest BCUT2D eigenvalue weighted by atomic mass is 10.1. The number of fused-ring (bicyclic) bond motifs is 1. The second kappa shape index (κ2) is 5.17. The largest absolute Gasteiger partial charge is 0.506 e. The van der Waals surface area contributed by atoms with Crippen molar-refractivity contribution in [2.45, 2.75) is 0 Å². The van der Waals surface area contributed by atoms with Crippen molar-refractivity contribution in [2.24, 2.45) is 0 Å². The van der Waals surface area contributed by atoms with Crippen LogP contribution in [0.3, 0.4) is 0 Å². The molecular weight excluding hydrogens is 342 g/mol. The molecule has 0 aliphatic heterocycles. The molecule has 2 rings (SSSR count). The molecular formula is C10H9NO9S2. The van der Waals surface area contributed by atoms with Crippen LogP contribution in [-0.2, 0) is 20.8 Å². The monoisotopic (exact) mass is 351 g/mol. The summed E-state index contributed by atoms with van der Waals surface area (Å²) in [6, 6.07) is 4.09. The molecule has 0 spiro atoms. The number of rotatable bonds is 4. The Morgan fingerprint density at radius 1 is 0.909 bits per heavy atom. The van der Waals surface area contributed by atoms with Crippen LogP contribution in [0.1, 0.15) is 0 Å². The zero-order chi connectivity index (χ0) is 16.7. The number of aromatic hydroxyl groups is 1. The molecule has 0 saturated carbocycles. The van der Waals surface area contributed by atoms with Gasteiger partial charge in [0, 0.05) is 16.8 Å². The lowest BCUT2D eigenvalue weighted by Gasteiger charge is -2.11. The SMILES string of the molecule is Nc1c(O)cc(OS(=O)(=O)O)c2cc(OS(=O)(=O)O)ccc12. The van der Waals surface area contributed by atoms with Crippen molar-refractivity contribution in [3.05, 3.63) is 24.3 Å². The molecule has 0 heterocycles. The highest BCUT2D eigenvalue weighted by molar-refractivity contribution is 7.81. The standard InChI is InChI=1S/C10H9NO9S2/c11-10-6-2-1-5(19-21(13,14)15)3-7(6)9(4-8(10)12)20-22(16,17)18/h1-4,12H,11H2,(H,13,14,15)(H,16,17,18). The molecule has 22 heavy (non-hydrogen) atoms. The van der Waals surface area contributed by atoms with E-state index in [4.69, 9.17) is 14.8 Å². The van der Waals surface area contributed by atoms with Crippen molar-refractivity contribution < 1.29 is 39.4 Å². The summed E-state index contributed by atoms with van der Waals surface area (Å²) in [6.45, 7) is 0. The van der Waals surface area contributed by atoms with Crippen LogP contribution in [0.5, 0.6) is 17.2 Å². The molecule has 2 aromatic carbocycles. The molecule has 12 heteroatoms. The number of phenolic OH excluding ortho intramolecular Hbond substituents is 1. The van der Waals surface area contributed by atoms with Gasteiger partial charge in [-0.15, -0.1) is 0 Å². The molecule has 0 bridgehead atoms. The van der Waals surface area contributed by atoms with Crippen molar-refractivity contribution >= 4 is 37.3 Å². The molecule has 0 aliphatic rings. The van der Waals surface area contributed by atoms with E-state index >= 15 is 0 Å². The highest BCUT2D eigenvalue weighted by Gasteiger charge is 2.17. The van der Waals surface area contributed by atoms with Crippen molar-refractivity contribution in [1.29, 1.82) is 0 Å². The summed E-state index contributed by atoms with van der Waals surface area (Å²) in [5, 5.41) is 9.61. The molecule has 2 aromatic rings. The van der Waals surface area contributed by atoms with E-state index in [9.17, 15) is 21.9 Å². The Morgan fingerprint density at radius 3 is 2.05 bits per heavy atom. The first kappa shape index (κ1) is 16.1. The summed E-state index contributed by atoms with van der Waals surface area (Å²) in [4.78, 5) is 0. The molecule has 0 unspecified atom stereocenters. The molecule has 0 aliphatic carbocycles. The predicted octanol–water partition coefficient (Wildman–Crippen LogP) is 0.491. The summed E-state index contributed by atoms with van der Waals surface area (Å²) >= 11 is 0. The summed E-state index contributed by atoms with van der Waals surface area (Å²) in [5.74, 6) is -1.42. The van der Waals surface area contributed by atoms with E-state index < -0.39 is 32.3 Å². The van der Waals surface area contributed by atoms with E-state index in [-0.39, 0.29) is 22.2 Å². The van der Waals surface area contributed by atoms with Crippen LogP contribution in [0.15, 0.2) is 24.3 Å². The summed E-state index contributed by atoms with van der Waals surface area (Å²) in [7, 11) is -9.71. The summed E-state index contributed by atoms with van der Waals surface area (Å²) < 4.78 is 68.8. The molecule has 10 nitrogen and oxygen atoms in total. The van der Waals surface area contributed by atoms with Crippen LogP contribution in [0, 0.1) is 0 Å². The number of phenols is 1. The van der Waals surface area contributed by atoms with Gasteiger partial charge in [-0.1, -0.05) is 0 Å². The molecule has 0 aromatic heterocycles. The molecule has 0 fully saturated rings. The third-order valence-corrected chi connectivity index (χ3v) is 3.28. The Labute approximate surface area is 124 Å². The van der Waals surface area contributed by atoms with Gasteiger partial charge in [0.25, 0.3) is 0 Å². The molecule has 0 radical (unpaired) electrons. The van der Waals surface area contributed by atoms with Gasteiger partial charge in [0.2, 0.25) is 0 Å². The fraction of sp³-hybridized carbons (Fsp3) is 0. The third kappa shape index (κ3) is 3.67. The second-order valence-electron chi connectivity index (χ2n) is 4.04. The molecule has 0 amide bonds. The number of nitrogens with two attached hydrogens (primary N) is 1.